The van der Waals surface area contributed by atoms with E-state index in [0.29, 0.717) is 6.54 Å². The van der Waals surface area contributed by atoms with Gasteiger partial charge in [0.15, 0.2) is 6.17 Å². The van der Waals surface area contributed by atoms with Crippen molar-refractivity contribution < 1.29 is 4.79 Å². The summed E-state index contributed by atoms with van der Waals surface area (Å²) in [5.41, 5.74) is 10.5. The number of carbonyl (C=O) groups is 1. The van der Waals surface area contributed by atoms with Crippen LogP contribution in [0, 0.1) is 0 Å². The third kappa shape index (κ3) is 1.90. The van der Waals surface area contributed by atoms with Crippen LogP contribution in [-0.4, -0.2) is 30.9 Å². The van der Waals surface area contributed by atoms with Crippen LogP contribution in [0.2, 0.25) is 0 Å². The van der Waals surface area contributed by atoms with Crippen molar-refractivity contribution in [2.24, 2.45) is 10.7 Å². The molecule has 4 rings (SSSR count). The predicted molar refractivity (Wildman–Crippen MR) is 87.3 cm³/mol. The van der Waals surface area contributed by atoms with Crippen molar-refractivity contribution >= 4 is 23.0 Å². The molecule has 0 aromatic heterocycles. The molecule has 0 bridgehead atoms. The molecule has 2 aromatic rings. The van der Waals surface area contributed by atoms with Crippen LogP contribution in [0.4, 0.5) is 11.4 Å². The lowest BCUT2D eigenvalue weighted by Gasteiger charge is -2.31. The van der Waals surface area contributed by atoms with E-state index in [9.17, 15) is 4.79 Å². The molecule has 2 heterocycles. The van der Waals surface area contributed by atoms with Gasteiger partial charge in [-0.2, -0.15) is 0 Å². The number of para-hydroxylation sites is 1. The van der Waals surface area contributed by atoms with Crippen LogP contribution in [0.3, 0.4) is 0 Å². The first-order chi connectivity index (χ1) is 10.8. The van der Waals surface area contributed by atoms with Crippen molar-refractivity contribution in [3.63, 3.8) is 0 Å². The molecular formula is C17H16N4O. The van der Waals surface area contributed by atoms with Crippen LogP contribution < -0.4 is 16.0 Å². The summed E-state index contributed by atoms with van der Waals surface area (Å²) in [6, 6.07) is 15.8. The van der Waals surface area contributed by atoms with E-state index < -0.39 is 6.17 Å². The highest BCUT2D eigenvalue weighted by Crippen LogP contribution is 2.36. The van der Waals surface area contributed by atoms with Crippen LogP contribution in [0.1, 0.15) is 11.1 Å². The topological polar surface area (TPSA) is 70.7 Å². The van der Waals surface area contributed by atoms with Crippen molar-refractivity contribution in [3.05, 3.63) is 59.7 Å². The molecule has 5 nitrogen and oxygen atoms in total. The number of nitrogens with two attached hydrogens (primary N) is 1. The van der Waals surface area contributed by atoms with Crippen LogP contribution in [0.25, 0.3) is 0 Å². The van der Waals surface area contributed by atoms with E-state index in [0.717, 1.165) is 34.8 Å². The maximum Gasteiger partial charge on any atom is 0.266 e. The average molecular weight is 292 g/mol. The zero-order chi connectivity index (χ0) is 15.1. The second-order valence-corrected chi connectivity index (χ2v) is 5.41. The van der Waals surface area contributed by atoms with E-state index in [1.54, 1.807) is 4.90 Å². The van der Waals surface area contributed by atoms with Crippen LogP contribution >= 0.6 is 0 Å². The summed E-state index contributed by atoms with van der Waals surface area (Å²) in [6.07, 6.45) is -0.867. The van der Waals surface area contributed by atoms with Gasteiger partial charge in [-0.1, -0.05) is 42.5 Å². The Morgan fingerprint density at radius 3 is 2.77 bits per heavy atom. The molecule has 1 amide bonds. The van der Waals surface area contributed by atoms with Crippen molar-refractivity contribution in [3.8, 4) is 0 Å². The summed E-state index contributed by atoms with van der Waals surface area (Å²) in [6.45, 7) is 1.32. The normalized spacial score (nSPS) is 19.9. The van der Waals surface area contributed by atoms with Gasteiger partial charge in [0, 0.05) is 24.2 Å². The van der Waals surface area contributed by atoms with Gasteiger partial charge in [0.2, 0.25) is 0 Å². The number of nitrogens with zero attached hydrogens (tertiary/aromatic N) is 2. The fourth-order valence-electron chi connectivity index (χ4n) is 3.05. The van der Waals surface area contributed by atoms with Gasteiger partial charge in [0.1, 0.15) is 0 Å². The molecule has 1 atom stereocenters. The maximum atomic E-state index is 12.6. The van der Waals surface area contributed by atoms with Crippen molar-refractivity contribution in [1.29, 1.82) is 0 Å². The molecule has 2 aromatic carbocycles. The van der Waals surface area contributed by atoms with E-state index in [1.807, 2.05) is 48.5 Å². The second-order valence-electron chi connectivity index (χ2n) is 5.41. The highest BCUT2D eigenvalue weighted by molar-refractivity contribution is 6.21. The zero-order valence-electron chi connectivity index (χ0n) is 12.0. The van der Waals surface area contributed by atoms with Gasteiger partial charge in [0.05, 0.1) is 17.1 Å². The Morgan fingerprint density at radius 1 is 1.14 bits per heavy atom. The van der Waals surface area contributed by atoms with Crippen molar-refractivity contribution in [2.75, 3.05) is 23.3 Å². The molecule has 0 saturated carbocycles. The molecule has 0 aliphatic carbocycles. The molecule has 22 heavy (non-hydrogen) atoms. The van der Waals surface area contributed by atoms with E-state index in [4.69, 9.17) is 5.73 Å². The molecule has 2 aliphatic rings. The summed E-state index contributed by atoms with van der Waals surface area (Å²) in [4.78, 5) is 18.8. The van der Waals surface area contributed by atoms with Crippen molar-refractivity contribution in [1.82, 2.24) is 0 Å². The molecule has 5 heteroatoms. The first-order valence-electron chi connectivity index (χ1n) is 7.33. The standard InChI is InChI=1S/C17H16N4O/c18-16-17(22)21-10-9-19-13-8-4-7-12(15(13)21)14(20-16)11-5-2-1-3-6-11/h1-8,16,19H,9-10,18H2/t16-/m0/s1. The second kappa shape index (κ2) is 4.96. The summed E-state index contributed by atoms with van der Waals surface area (Å²) in [5.74, 6) is -0.152. The monoisotopic (exact) mass is 292 g/mol. The largest absolute Gasteiger partial charge is 0.382 e. The predicted octanol–water partition coefficient (Wildman–Crippen LogP) is 1.58. The minimum atomic E-state index is -0.867. The van der Waals surface area contributed by atoms with Crippen LogP contribution in [0.15, 0.2) is 53.5 Å². The number of hydrogen-bond donors (Lipinski definition) is 2. The van der Waals surface area contributed by atoms with E-state index in [-0.39, 0.29) is 5.91 Å². The van der Waals surface area contributed by atoms with E-state index in [1.165, 1.54) is 0 Å². The zero-order valence-corrected chi connectivity index (χ0v) is 12.0. The van der Waals surface area contributed by atoms with Crippen LogP contribution in [-0.2, 0) is 4.79 Å². The smallest absolute Gasteiger partial charge is 0.266 e. The minimum Gasteiger partial charge on any atom is -0.382 e. The summed E-state index contributed by atoms with van der Waals surface area (Å²) in [7, 11) is 0. The number of amides is 1. The SMILES string of the molecule is N[C@H]1N=C(c2ccccc2)c2cccc3c2N(CCN3)C1=O. The minimum absolute atomic E-state index is 0.152. The number of rotatable bonds is 1. The van der Waals surface area contributed by atoms with Gasteiger partial charge >= 0.3 is 0 Å². The summed E-state index contributed by atoms with van der Waals surface area (Å²) >= 11 is 0. The molecule has 0 fully saturated rings. The Morgan fingerprint density at radius 2 is 1.95 bits per heavy atom. The van der Waals surface area contributed by atoms with Gasteiger partial charge in [-0.15, -0.1) is 0 Å². The fraction of sp³-hybridized carbons (Fsp3) is 0.176. The lowest BCUT2D eigenvalue weighted by Crippen LogP contribution is -2.46. The molecular weight excluding hydrogens is 276 g/mol. The molecule has 0 saturated heterocycles. The molecule has 2 aliphatic heterocycles. The first-order valence-corrected chi connectivity index (χ1v) is 7.33. The lowest BCUT2D eigenvalue weighted by molar-refractivity contribution is -0.119. The Labute approximate surface area is 128 Å². The maximum absolute atomic E-state index is 12.6. The summed E-state index contributed by atoms with van der Waals surface area (Å²) < 4.78 is 0. The highest BCUT2D eigenvalue weighted by Gasteiger charge is 2.33. The molecule has 3 N–H and O–H groups in total. The number of anilines is 2. The number of aliphatic imine (C=N–C) groups is 1. The number of nitrogens with one attached hydrogen (secondary N) is 1. The first kappa shape index (κ1) is 13.0. The Kier molecular flexibility index (Phi) is 2.94. The molecule has 110 valence electrons. The van der Waals surface area contributed by atoms with Gasteiger partial charge in [-0.3, -0.25) is 9.79 Å². The Bertz CT molecular complexity index is 769. The molecule has 0 radical (unpaired) electrons. The van der Waals surface area contributed by atoms with Crippen LogP contribution in [0.5, 0.6) is 0 Å². The number of carbonyl (C=O) groups excluding carboxylic acids is 1. The Hall–Kier alpha value is -2.66. The van der Waals surface area contributed by atoms with Gasteiger partial charge in [-0.25, -0.2) is 0 Å². The number of benzene rings is 2. The number of hydrogen-bond acceptors (Lipinski definition) is 4. The molecule has 0 unspecified atom stereocenters. The van der Waals surface area contributed by atoms with E-state index >= 15 is 0 Å². The van der Waals surface area contributed by atoms with E-state index in [2.05, 4.69) is 10.3 Å². The average Bonchev–Trinajstić information content (AvgIpc) is 2.68. The molecule has 0 spiro atoms. The Balaban J connectivity index is 1.99. The van der Waals surface area contributed by atoms with Gasteiger partial charge in [-0.05, 0) is 6.07 Å². The fourth-order valence-corrected chi connectivity index (χ4v) is 3.05. The van der Waals surface area contributed by atoms with Gasteiger partial charge < -0.3 is 16.0 Å². The third-order valence-electron chi connectivity index (χ3n) is 4.05. The highest BCUT2D eigenvalue weighted by atomic mass is 16.2. The lowest BCUT2D eigenvalue weighted by atomic mass is 9.98. The summed E-state index contributed by atoms with van der Waals surface area (Å²) in [5, 5.41) is 3.35. The third-order valence-corrected chi connectivity index (χ3v) is 4.05. The quantitative estimate of drug-likeness (QED) is 0.838. The van der Waals surface area contributed by atoms with Crippen molar-refractivity contribution in [2.45, 2.75) is 6.17 Å². The van der Waals surface area contributed by atoms with Gasteiger partial charge in [0.25, 0.3) is 5.91 Å².